The Morgan fingerprint density at radius 3 is 2.71 bits per heavy atom. The molecule has 35 heavy (non-hydrogen) atoms. The molecule has 3 N–H and O–H groups in total. The van der Waals surface area contributed by atoms with Gasteiger partial charge in [0.05, 0.1) is 23.7 Å². The zero-order valence-electron chi connectivity index (χ0n) is 19.7. The molecule has 3 aromatic rings. The molecular weight excluding hydrogens is 481 g/mol. The number of likely N-dealkylation sites (tertiary alicyclic amines) is 1. The molecule has 0 radical (unpaired) electrons. The van der Waals surface area contributed by atoms with Gasteiger partial charge in [0.15, 0.2) is 0 Å². The number of thiazole rings is 1. The number of hydrogen-bond donors (Lipinski definition) is 3. The Morgan fingerprint density at radius 1 is 1.26 bits per heavy atom. The van der Waals surface area contributed by atoms with Crippen molar-refractivity contribution in [3.8, 4) is 0 Å². The van der Waals surface area contributed by atoms with E-state index < -0.39 is 23.4 Å². The second-order valence-electron chi connectivity index (χ2n) is 8.91. The Bertz CT molecular complexity index is 1240. The summed E-state index contributed by atoms with van der Waals surface area (Å²) >= 11 is 1.42. The van der Waals surface area contributed by atoms with Crippen LogP contribution in [0.1, 0.15) is 37.6 Å². The first kappa shape index (κ1) is 22.6. The predicted molar refractivity (Wildman–Crippen MR) is 125 cm³/mol. The molecule has 2 aliphatic rings. The zero-order valence-corrected chi connectivity index (χ0v) is 19.5. The molecule has 186 valence electrons. The number of anilines is 1. The van der Waals surface area contributed by atoms with Gasteiger partial charge in [0.25, 0.3) is 0 Å². The van der Waals surface area contributed by atoms with Gasteiger partial charge in [0.1, 0.15) is 22.8 Å². The van der Waals surface area contributed by atoms with Crippen molar-refractivity contribution < 1.29 is 24.4 Å². The summed E-state index contributed by atoms with van der Waals surface area (Å²) < 4.78 is 48.1. The van der Waals surface area contributed by atoms with Crippen LogP contribution in [0.25, 0.3) is 10.9 Å². The molecule has 0 atom stereocenters. The van der Waals surface area contributed by atoms with E-state index in [2.05, 4.69) is 25.6 Å². The lowest BCUT2D eigenvalue weighted by atomic mass is 9.81. The summed E-state index contributed by atoms with van der Waals surface area (Å²) in [5.41, 5.74) is -1.45. The molecule has 12 heteroatoms. The SMILES string of the molecule is [2H]C1(N2CC(NC(=O)CNc3ncnc4ccc(C(F)(F)F)cc34)C2)CCC(O)(c2nccs2)CC1. The summed E-state index contributed by atoms with van der Waals surface area (Å²) in [6.07, 6.45) is 0.340. The molecule has 0 unspecified atom stereocenters. The van der Waals surface area contributed by atoms with E-state index in [9.17, 15) is 23.1 Å². The van der Waals surface area contributed by atoms with Crippen molar-refractivity contribution in [3.05, 3.63) is 46.7 Å². The van der Waals surface area contributed by atoms with Gasteiger partial charge in [-0.3, -0.25) is 9.69 Å². The van der Waals surface area contributed by atoms with E-state index >= 15 is 0 Å². The van der Waals surface area contributed by atoms with Crippen LogP contribution in [0.3, 0.4) is 0 Å². The molecule has 3 heterocycles. The lowest BCUT2D eigenvalue weighted by molar-refractivity contribution is -0.137. The number of amides is 1. The van der Waals surface area contributed by atoms with E-state index in [0.29, 0.717) is 49.3 Å². The van der Waals surface area contributed by atoms with E-state index in [-0.39, 0.29) is 29.7 Å². The molecule has 0 spiro atoms. The fourth-order valence-corrected chi connectivity index (χ4v) is 5.38. The third-order valence-electron chi connectivity index (χ3n) is 6.56. The first-order valence-electron chi connectivity index (χ1n) is 11.8. The molecule has 1 saturated carbocycles. The van der Waals surface area contributed by atoms with E-state index in [0.717, 1.165) is 12.1 Å². The van der Waals surface area contributed by atoms with Crippen LogP contribution in [0.5, 0.6) is 0 Å². The highest BCUT2D eigenvalue weighted by Gasteiger charge is 2.41. The predicted octanol–water partition coefficient (Wildman–Crippen LogP) is 3.15. The number of aromatic nitrogens is 3. The largest absolute Gasteiger partial charge is 0.416 e. The van der Waals surface area contributed by atoms with Gasteiger partial charge in [-0.05, 0) is 43.9 Å². The summed E-state index contributed by atoms with van der Waals surface area (Å²) in [4.78, 5) is 26.7. The fourth-order valence-electron chi connectivity index (χ4n) is 4.58. The minimum absolute atomic E-state index is 0.125. The minimum Gasteiger partial charge on any atom is -0.383 e. The topological polar surface area (TPSA) is 103 Å². The number of carbonyl (C=O) groups excluding carboxylic acids is 1. The monoisotopic (exact) mass is 507 g/mol. The number of hydrogen-bond acceptors (Lipinski definition) is 8. The van der Waals surface area contributed by atoms with Crippen molar-refractivity contribution in [2.75, 3.05) is 25.0 Å². The number of nitrogens with zero attached hydrogens (tertiary/aromatic N) is 4. The van der Waals surface area contributed by atoms with Crippen LogP contribution in [-0.2, 0) is 16.6 Å². The molecular formula is C23H25F3N6O2S. The Labute approximate surface area is 205 Å². The van der Waals surface area contributed by atoms with Crippen LogP contribution in [0.15, 0.2) is 36.1 Å². The van der Waals surface area contributed by atoms with Crippen molar-refractivity contribution in [1.29, 1.82) is 0 Å². The summed E-state index contributed by atoms with van der Waals surface area (Å²) in [5.74, 6) is -0.171. The number of fused-ring (bicyclic) bond motifs is 1. The Morgan fingerprint density at radius 2 is 2.03 bits per heavy atom. The molecule has 2 fully saturated rings. The van der Waals surface area contributed by atoms with Gasteiger partial charge >= 0.3 is 6.18 Å². The van der Waals surface area contributed by atoms with Crippen molar-refractivity contribution >= 4 is 34.0 Å². The maximum absolute atomic E-state index is 13.1. The third-order valence-corrected chi connectivity index (χ3v) is 7.52. The normalized spacial score (nSPS) is 26.2. The zero-order chi connectivity index (χ0) is 25.6. The lowest BCUT2D eigenvalue weighted by Gasteiger charge is -2.47. The first-order chi connectivity index (χ1) is 17.1. The average Bonchev–Trinajstić information content (AvgIpc) is 3.37. The Balaban J connectivity index is 1.12. The molecule has 1 aliphatic heterocycles. The summed E-state index contributed by atoms with van der Waals surface area (Å²) in [5, 5.41) is 19.3. The molecule has 1 aromatic carbocycles. The van der Waals surface area contributed by atoms with Crippen LogP contribution in [-0.4, -0.2) is 62.6 Å². The van der Waals surface area contributed by atoms with Gasteiger partial charge in [0.2, 0.25) is 5.91 Å². The standard InChI is InChI=1S/C23H25F3N6O2S/c24-23(25,26)14-1-2-18-17(9-14)20(30-13-29-18)28-10-19(33)31-15-11-32(12-15)16-3-5-22(34,6-4-16)21-27-7-8-35-21/h1-2,7-9,13,15-16,34H,3-6,10-12H2,(H,31,33)(H,28,29,30)/i16D. The van der Waals surface area contributed by atoms with Crippen molar-refractivity contribution in [2.24, 2.45) is 0 Å². The molecule has 0 bridgehead atoms. The number of nitrogens with one attached hydrogen (secondary N) is 2. The lowest BCUT2D eigenvalue weighted by Crippen LogP contribution is -2.63. The van der Waals surface area contributed by atoms with Crippen molar-refractivity contribution in [1.82, 2.24) is 25.2 Å². The summed E-state index contributed by atoms with van der Waals surface area (Å²) in [7, 11) is 0. The van der Waals surface area contributed by atoms with E-state index in [1.54, 1.807) is 6.20 Å². The number of aliphatic hydroxyl groups is 1. The summed E-state index contributed by atoms with van der Waals surface area (Å²) in [6.45, 7) is 0.887. The van der Waals surface area contributed by atoms with E-state index in [1.807, 2.05) is 10.3 Å². The second-order valence-corrected chi connectivity index (χ2v) is 9.80. The van der Waals surface area contributed by atoms with Gasteiger partial charge in [0, 0.05) is 37.4 Å². The molecule has 1 aliphatic carbocycles. The van der Waals surface area contributed by atoms with Crippen molar-refractivity contribution in [3.63, 3.8) is 0 Å². The minimum atomic E-state index is -4.50. The molecule has 8 nitrogen and oxygen atoms in total. The van der Waals surface area contributed by atoms with Crippen LogP contribution in [0.2, 0.25) is 0 Å². The second kappa shape index (κ2) is 9.32. The van der Waals surface area contributed by atoms with Crippen molar-refractivity contribution in [2.45, 2.75) is 49.5 Å². The number of alkyl halides is 3. The van der Waals surface area contributed by atoms with Gasteiger partial charge < -0.3 is 15.7 Å². The Hall–Kier alpha value is -2.83. The third kappa shape index (κ3) is 5.09. The Kier molecular flexibility index (Phi) is 6.02. The number of carbonyl (C=O) groups is 1. The maximum atomic E-state index is 13.1. The van der Waals surface area contributed by atoms with Gasteiger partial charge in [-0.15, -0.1) is 11.3 Å². The highest BCUT2D eigenvalue weighted by molar-refractivity contribution is 7.09. The average molecular weight is 508 g/mol. The number of halogens is 3. The molecule has 5 rings (SSSR count). The maximum Gasteiger partial charge on any atom is 0.416 e. The molecule has 1 saturated heterocycles. The highest BCUT2D eigenvalue weighted by atomic mass is 32.1. The summed E-state index contributed by atoms with van der Waals surface area (Å²) in [6, 6.07) is 2.28. The number of rotatable bonds is 6. The smallest absolute Gasteiger partial charge is 0.383 e. The molecule has 1 amide bonds. The molecule has 2 aromatic heterocycles. The van der Waals surface area contributed by atoms with Crippen LogP contribution < -0.4 is 10.6 Å². The van der Waals surface area contributed by atoms with Crippen LogP contribution in [0, 0.1) is 0 Å². The van der Waals surface area contributed by atoms with Gasteiger partial charge in [-0.25, -0.2) is 15.0 Å². The highest BCUT2D eigenvalue weighted by Crippen LogP contribution is 2.40. The quantitative estimate of drug-likeness (QED) is 0.471. The van der Waals surface area contributed by atoms with Crippen LogP contribution in [0.4, 0.5) is 19.0 Å². The van der Waals surface area contributed by atoms with Crippen LogP contribution >= 0.6 is 11.3 Å². The van der Waals surface area contributed by atoms with E-state index in [4.69, 9.17) is 1.37 Å². The number of benzene rings is 1. The van der Waals surface area contributed by atoms with Gasteiger partial charge in [-0.2, -0.15) is 13.2 Å². The fraction of sp³-hybridized carbons (Fsp3) is 0.478. The first-order valence-corrected chi connectivity index (χ1v) is 12.2. The van der Waals surface area contributed by atoms with Gasteiger partial charge in [-0.1, -0.05) is 0 Å². The van der Waals surface area contributed by atoms with E-state index in [1.165, 1.54) is 23.7 Å².